The summed E-state index contributed by atoms with van der Waals surface area (Å²) in [6, 6.07) is 0. The summed E-state index contributed by atoms with van der Waals surface area (Å²) >= 11 is 21.2. The molecule has 0 spiro atoms. The zero-order valence-electron chi connectivity index (χ0n) is 6.65. The van der Waals surface area contributed by atoms with Crippen LogP contribution in [0.25, 0.3) is 0 Å². The topological polar surface area (TPSA) is 57.4 Å². The monoisotopic (exact) mass is 361 g/mol. The second-order valence-corrected chi connectivity index (χ2v) is 6.38. The van der Waals surface area contributed by atoms with Gasteiger partial charge in [0, 0.05) is 0 Å². The van der Waals surface area contributed by atoms with Crippen molar-refractivity contribution in [2.75, 3.05) is 0 Å². The van der Waals surface area contributed by atoms with Gasteiger partial charge in [0.1, 0.15) is 0 Å². The molecule has 2 aromatic rings. The van der Waals surface area contributed by atoms with Crippen LogP contribution in [0.4, 0.5) is 0 Å². The predicted octanol–water partition coefficient (Wildman–Crippen LogP) is 2.21. The van der Waals surface area contributed by atoms with Crippen LogP contribution in [0.5, 0.6) is 0 Å². The van der Waals surface area contributed by atoms with Crippen molar-refractivity contribution < 1.29 is 17.1 Å². The third-order valence-corrected chi connectivity index (χ3v) is 3.29. The van der Waals surface area contributed by atoms with Gasteiger partial charge >= 0.3 is 17.1 Å². The van der Waals surface area contributed by atoms with Gasteiger partial charge in [-0.05, 0) is 8.68 Å². The van der Waals surface area contributed by atoms with Gasteiger partial charge in [-0.15, -0.1) is 0 Å². The van der Waals surface area contributed by atoms with Crippen LogP contribution in [-0.2, 0) is 42.3 Å². The maximum Gasteiger partial charge on any atom is 2.00 e. The molecule has 0 bridgehead atoms. The molecule has 0 fully saturated rings. The van der Waals surface area contributed by atoms with Crippen molar-refractivity contribution in [2.24, 2.45) is 0 Å². The molecule has 2 heterocycles. The first kappa shape index (κ1) is 15.5. The first-order valence-electron chi connectivity index (χ1n) is 3.03. The third kappa shape index (κ3) is 6.64. The molecule has 0 atom stereocenters. The standard InChI is InChI=1S/2C2H2N2S3.Cu/c2*5-1-3-4-2(6)7-1;/h2*(H,3,5)(H,4,6);/q;;+2/p-2. The average Bonchev–Trinajstić information content (AvgIpc) is 2.63. The molecule has 0 aliphatic rings. The van der Waals surface area contributed by atoms with Crippen LogP contribution in [0.1, 0.15) is 0 Å². The molecule has 0 saturated carbocycles. The minimum Gasteiger partial charge on any atom is -0.406 e. The number of hydrogen-bond acceptors (Lipinski definition) is 8. The minimum atomic E-state index is 0. The van der Waals surface area contributed by atoms with Crippen LogP contribution in [0.3, 0.4) is 0 Å². The molecule has 2 aromatic heterocycles. The molecular formula is C4H2CuN4S6. The van der Waals surface area contributed by atoms with Crippen molar-refractivity contribution >= 4 is 72.4 Å². The summed E-state index contributed by atoms with van der Waals surface area (Å²) < 4.78 is 2.44. The Labute approximate surface area is 125 Å². The van der Waals surface area contributed by atoms with Gasteiger partial charge in [0.05, 0.1) is 7.91 Å². The van der Waals surface area contributed by atoms with Crippen molar-refractivity contribution in [3.63, 3.8) is 0 Å². The Morgan fingerprint density at radius 1 is 0.933 bits per heavy atom. The van der Waals surface area contributed by atoms with Crippen molar-refractivity contribution in [1.82, 2.24) is 20.4 Å². The zero-order valence-corrected chi connectivity index (χ0v) is 12.5. The molecule has 4 nitrogen and oxygen atoms in total. The van der Waals surface area contributed by atoms with E-state index in [1.54, 1.807) is 0 Å². The van der Waals surface area contributed by atoms with Gasteiger partial charge in [-0.25, -0.2) is 0 Å². The fourth-order valence-electron chi connectivity index (χ4n) is 0.432. The number of hydrogen-bond donors (Lipinski definition) is 2. The molecule has 0 aliphatic carbocycles. The van der Waals surface area contributed by atoms with Crippen LogP contribution in [0, 0.1) is 7.91 Å². The smallest absolute Gasteiger partial charge is 0.406 e. The number of aromatic nitrogens is 4. The number of aromatic amines is 2. The van der Waals surface area contributed by atoms with E-state index in [0.29, 0.717) is 16.6 Å². The summed E-state index contributed by atoms with van der Waals surface area (Å²) in [6.07, 6.45) is 0. The van der Waals surface area contributed by atoms with E-state index in [4.69, 9.17) is 0 Å². The molecule has 15 heavy (non-hydrogen) atoms. The molecule has 0 saturated heterocycles. The van der Waals surface area contributed by atoms with Gasteiger partial charge in [-0.3, -0.25) is 10.2 Å². The van der Waals surface area contributed by atoms with Crippen LogP contribution >= 0.6 is 47.1 Å². The molecule has 0 aromatic carbocycles. The fraction of sp³-hybridized carbons (Fsp3) is 0. The second kappa shape index (κ2) is 7.74. The summed E-state index contributed by atoms with van der Waals surface area (Å²) in [5, 5.41) is 12.3. The van der Waals surface area contributed by atoms with Crippen LogP contribution in [-0.4, -0.2) is 20.4 Å². The second-order valence-electron chi connectivity index (χ2n) is 1.76. The quantitative estimate of drug-likeness (QED) is 0.426. The number of H-pyrrole nitrogens is 2. The summed E-state index contributed by atoms with van der Waals surface area (Å²) in [6.45, 7) is 0. The summed E-state index contributed by atoms with van der Waals surface area (Å²) in [5.74, 6) is 0. The maximum atomic E-state index is 4.67. The van der Waals surface area contributed by atoms with Gasteiger partial charge in [0.25, 0.3) is 0 Å². The Hall–Kier alpha value is 0.519. The van der Waals surface area contributed by atoms with E-state index in [-0.39, 0.29) is 17.1 Å². The first-order chi connectivity index (χ1) is 6.58. The summed E-state index contributed by atoms with van der Waals surface area (Å²) in [5.41, 5.74) is 0. The van der Waals surface area contributed by atoms with E-state index in [9.17, 15) is 0 Å². The van der Waals surface area contributed by atoms with Crippen LogP contribution < -0.4 is 0 Å². The molecule has 2 rings (SSSR count). The van der Waals surface area contributed by atoms with Crippen LogP contribution in [0.2, 0.25) is 0 Å². The van der Waals surface area contributed by atoms with Crippen molar-refractivity contribution in [3.05, 3.63) is 7.91 Å². The van der Waals surface area contributed by atoms with E-state index in [1.807, 2.05) is 0 Å². The number of rotatable bonds is 0. The molecule has 0 aliphatic heterocycles. The van der Waals surface area contributed by atoms with Gasteiger partial charge in [-0.1, -0.05) is 24.4 Å². The minimum absolute atomic E-state index is 0. The van der Waals surface area contributed by atoms with E-state index in [1.165, 1.54) is 22.7 Å². The SMILES string of the molecule is S=c1[nH]nc([S-])s1.S=c1[nH]nc([S-])s1.[Cu+2]. The average molecular weight is 362 g/mol. The summed E-state index contributed by atoms with van der Waals surface area (Å²) in [7, 11) is 0. The van der Waals surface area contributed by atoms with Gasteiger partial charge in [-0.2, -0.15) is 10.2 Å². The normalized spacial score (nSPS) is 8.53. The Morgan fingerprint density at radius 3 is 1.33 bits per heavy atom. The zero-order chi connectivity index (χ0) is 10.6. The Morgan fingerprint density at radius 2 is 1.27 bits per heavy atom. The third-order valence-electron chi connectivity index (χ3n) is 0.837. The maximum absolute atomic E-state index is 4.67. The molecule has 11 heteroatoms. The van der Waals surface area contributed by atoms with Crippen molar-refractivity contribution in [2.45, 2.75) is 8.68 Å². The molecule has 0 unspecified atom stereocenters. The van der Waals surface area contributed by atoms with Crippen molar-refractivity contribution in [1.29, 1.82) is 0 Å². The van der Waals surface area contributed by atoms with E-state index in [2.05, 4.69) is 70.1 Å². The molecule has 0 amide bonds. The molecule has 2 N–H and O–H groups in total. The largest absolute Gasteiger partial charge is 2.00 e. The molecular weight excluding hydrogens is 360 g/mol. The number of nitrogens with zero attached hydrogens (tertiary/aromatic N) is 2. The first-order valence-corrected chi connectivity index (χ1v) is 6.29. The number of nitrogens with one attached hydrogen (secondary N) is 2. The van der Waals surface area contributed by atoms with E-state index >= 15 is 0 Å². The Balaban J connectivity index is 0.000000245. The van der Waals surface area contributed by atoms with Crippen molar-refractivity contribution in [3.8, 4) is 0 Å². The Kier molecular flexibility index (Phi) is 8.01. The van der Waals surface area contributed by atoms with Gasteiger partial charge in [0.15, 0.2) is 0 Å². The van der Waals surface area contributed by atoms with Crippen LogP contribution in [0.15, 0.2) is 8.68 Å². The molecule has 85 valence electrons. The summed E-state index contributed by atoms with van der Waals surface area (Å²) in [4.78, 5) is 0. The van der Waals surface area contributed by atoms with Gasteiger partial charge in [0.2, 0.25) is 0 Å². The van der Waals surface area contributed by atoms with E-state index in [0.717, 1.165) is 0 Å². The van der Waals surface area contributed by atoms with E-state index < -0.39 is 0 Å². The molecule has 1 radical (unpaired) electrons. The Bertz CT molecular complexity index is 449. The predicted molar refractivity (Wildman–Crippen MR) is 65.9 cm³/mol. The fourth-order valence-corrected chi connectivity index (χ4v) is 2.59. The van der Waals surface area contributed by atoms with Gasteiger partial charge < -0.3 is 47.9 Å².